The van der Waals surface area contributed by atoms with Crippen LogP contribution in [0, 0.1) is 5.92 Å². The maximum absolute atomic E-state index is 12.1. The minimum atomic E-state index is -3.49. The fourth-order valence-electron chi connectivity index (χ4n) is 2.36. The van der Waals surface area contributed by atoms with E-state index in [1.807, 2.05) is 6.92 Å². The molecule has 6 nitrogen and oxygen atoms in total. The van der Waals surface area contributed by atoms with E-state index in [-0.39, 0.29) is 5.75 Å². The molecule has 0 heterocycles. The summed E-state index contributed by atoms with van der Waals surface area (Å²) in [6.45, 7) is 3.45. The molecule has 0 fully saturated rings. The molecule has 0 aliphatic rings. The molecule has 1 aromatic rings. The monoisotopic (exact) mass is 355 g/mol. The number of carbonyl (C=O) groups excluding carboxylic acids is 1. The van der Waals surface area contributed by atoms with Crippen molar-refractivity contribution >= 4 is 21.7 Å². The van der Waals surface area contributed by atoms with Gasteiger partial charge < -0.3 is 10.4 Å². The van der Waals surface area contributed by atoms with Gasteiger partial charge in [0.1, 0.15) is 5.75 Å². The molecule has 1 rings (SSSR count). The average molecular weight is 355 g/mol. The summed E-state index contributed by atoms with van der Waals surface area (Å²) >= 11 is 0. The first-order valence-electron chi connectivity index (χ1n) is 8.04. The molecule has 2 N–H and O–H groups in total. The first-order chi connectivity index (χ1) is 11.3. The minimum Gasteiger partial charge on any atom is -0.481 e. The number of hydrogen-bond acceptors (Lipinski definition) is 4. The number of aliphatic carboxylic acids is 1. The van der Waals surface area contributed by atoms with Crippen molar-refractivity contribution in [1.82, 2.24) is 5.32 Å². The third-order valence-electron chi connectivity index (χ3n) is 3.77. The van der Waals surface area contributed by atoms with E-state index in [2.05, 4.69) is 5.32 Å². The zero-order valence-corrected chi connectivity index (χ0v) is 14.9. The van der Waals surface area contributed by atoms with Crippen LogP contribution in [0.1, 0.15) is 44.7 Å². The smallest absolute Gasteiger partial charge is 0.308 e. The van der Waals surface area contributed by atoms with E-state index in [9.17, 15) is 23.1 Å². The molecule has 0 aliphatic carbocycles. The van der Waals surface area contributed by atoms with Gasteiger partial charge in [-0.3, -0.25) is 9.59 Å². The summed E-state index contributed by atoms with van der Waals surface area (Å²) in [5.74, 6) is -3.26. The standard InChI is InChI=1S/C17H25NO5S/c1-3-4-8-11-24(22,23)12-15(19)18-16(13(2)17(20)21)14-9-6-5-7-10-14/h5-7,9-10,13,16H,3-4,8,11-12H2,1-2H3,(H,18,19)(H,20,21). The highest BCUT2D eigenvalue weighted by Crippen LogP contribution is 2.22. The van der Waals surface area contributed by atoms with Crippen LogP contribution in [0.15, 0.2) is 30.3 Å². The molecule has 2 unspecified atom stereocenters. The Morgan fingerprint density at radius 3 is 2.33 bits per heavy atom. The summed E-state index contributed by atoms with van der Waals surface area (Å²) in [5.41, 5.74) is 0.629. The number of benzene rings is 1. The van der Waals surface area contributed by atoms with Gasteiger partial charge in [0.2, 0.25) is 5.91 Å². The van der Waals surface area contributed by atoms with E-state index < -0.39 is 39.4 Å². The summed E-state index contributed by atoms with van der Waals surface area (Å²) < 4.78 is 23.9. The molecular formula is C17H25NO5S. The molecule has 0 saturated heterocycles. The van der Waals surface area contributed by atoms with Crippen LogP contribution in [0.2, 0.25) is 0 Å². The zero-order chi connectivity index (χ0) is 18.2. The quantitative estimate of drug-likeness (QED) is 0.627. The van der Waals surface area contributed by atoms with Crippen molar-refractivity contribution in [3.8, 4) is 0 Å². The SMILES string of the molecule is CCCCCS(=O)(=O)CC(=O)NC(c1ccccc1)C(C)C(=O)O. The lowest BCUT2D eigenvalue weighted by atomic mass is 9.94. The van der Waals surface area contributed by atoms with Crippen LogP contribution in [0.5, 0.6) is 0 Å². The summed E-state index contributed by atoms with van der Waals surface area (Å²) in [5, 5.41) is 11.8. The normalized spacial score (nSPS) is 13.9. The van der Waals surface area contributed by atoms with E-state index >= 15 is 0 Å². The van der Waals surface area contributed by atoms with Crippen molar-refractivity contribution in [3.63, 3.8) is 0 Å². The molecule has 1 amide bonds. The Kier molecular flexibility index (Phi) is 7.91. The molecule has 7 heteroatoms. The van der Waals surface area contributed by atoms with Crippen molar-refractivity contribution in [3.05, 3.63) is 35.9 Å². The summed E-state index contributed by atoms with van der Waals surface area (Å²) in [6.07, 6.45) is 2.22. The van der Waals surface area contributed by atoms with Gasteiger partial charge in [0.25, 0.3) is 0 Å². The van der Waals surface area contributed by atoms with Crippen LogP contribution in [-0.4, -0.2) is 36.9 Å². The number of amides is 1. The van der Waals surface area contributed by atoms with E-state index in [4.69, 9.17) is 0 Å². The molecule has 0 saturated carbocycles. The third kappa shape index (κ3) is 6.70. The average Bonchev–Trinajstić information content (AvgIpc) is 2.52. The van der Waals surface area contributed by atoms with Gasteiger partial charge in [-0.2, -0.15) is 0 Å². The Bertz CT molecular complexity index is 642. The maximum atomic E-state index is 12.1. The van der Waals surface area contributed by atoms with Crippen LogP contribution in [0.4, 0.5) is 0 Å². The summed E-state index contributed by atoms with van der Waals surface area (Å²) in [6, 6.07) is 7.91. The second kappa shape index (κ2) is 9.42. The van der Waals surface area contributed by atoms with Gasteiger partial charge in [-0.05, 0) is 18.9 Å². The lowest BCUT2D eigenvalue weighted by molar-refractivity contribution is -0.142. The van der Waals surface area contributed by atoms with Gasteiger partial charge >= 0.3 is 5.97 Å². The van der Waals surface area contributed by atoms with Crippen LogP contribution < -0.4 is 5.32 Å². The van der Waals surface area contributed by atoms with E-state index in [1.165, 1.54) is 6.92 Å². The zero-order valence-electron chi connectivity index (χ0n) is 14.1. The Morgan fingerprint density at radius 1 is 1.17 bits per heavy atom. The highest BCUT2D eigenvalue weighted by Gasteiger charge is 2.28. The molecule has 0 aliphatic heterocycles. The van der Waals surface area contributed by atoms with Gasteiger partial charge in [-0.25, -0.2) is 8.42 Å². The topological polar surface area (TPSA) is 101 Å². The predicted octanol–water partition coefficient (Wildman–Crippen LogP) is 2.17. The fraction of sp³-hybridized carbons (Fsp3) is 0.529. The molecule has 24 heavy (non-hydrogen) atoms. The second-order valence-electron chi connectivity index (χ2n) is 5.88. The lowest BCUT2D eigenvalue weighted by Crippen LogP contribution is -2.39. The molecule has 0 spiro atoms. The molecule has 1 aromatic carbocycles. The number of carbonyl (C=O) groups is 2. The Balaban J connectivity index is 2.80. The van der Waals surface area contributed by atoms with Gasteiger partial charge in [0.15, 0.2) is 9.84 Å². The van der Waals surface area contributed by atoms with E-state index in [1.54, 1.807) is 30.3 Å². The third-order valence-corrected chi connectivity index (χ3v) is 5.39. The van der Waals surface area contributed by atoms with Crippen LogP contribution in [-0.2, 0) is 19.4 Å². The molecule has 0 bridgehead atoms. The number of carboxylic acids is 1. The summed E-state index contributed by atoms with van der Waals surface area (Å²) in [4.78, 5) is 23.4. The van der Waals surface area contributed by atoms with Gasteiger partial charge in [0, 0.05) is 0 Å². The van der Waals surface area contributed by atoms with Crippen molar-refractivity contribution < 1.29 is 23.1 Å². The first-order valence-corrected chi connectivity index (χ1v) is 9.86. The number of rotatable bonds is 10. The predicted molar refractivity (Wildman–Crippen MR) is 92.3 cm³/mol. The van der Waals surface area contributed by atoms with Crippen molar-refractivity contribution in [2.24, 2.45) is 5.92 Å². The van der Waals surface area contributed by atoms with Gasteiger partial charge in [0.05, 0.1) is 17.7 Å². The number of sulfone groups is 1. The van der Waals surface area contributed by atoms with E-state index in [0.717, 1.165) is 12.8 Å². The highest BCUT2D eigenvalue weighted by atomic mass is 32.2. The molecule has 0 aromatic heterocycles. The number of hydrogen-bond donors (Lipinski definition) is 2. The highest BCUT2D eigenvalue weighted by molar-refractivity contribution is 7.92. The molecular weight excluding hydrogens is 330 g/mol. The van der Waals surface area contributed by atoms with Crippen molar-refractivity contribution in [2.75, 3.05) is 11.5 Å². The first kappa shape index (κ1) is 20.2. The van der Waals surface area contributed by atoms with Crippen LogP contribution in [0.3, 0.4) is 0 Å². The lowest BCUT2D eigenvalue weighted by Gasteiger charge is -2.23. The van der Waals surface area contributed by atoms with E-state index in [0.29, 0.717) is 12.0 Å². The largest absolute Gasteiger partial charge is 0.481 e. The minimum absolute atomic E-state index is 0.0290. The molecule has 0 radical (unpaired) electrons. The van der Waals surface area contributed by atoms with Crippen LogP contribution in [0.25, 0.3) is 0 Å². The maximum Gasteiger partial charge on any atom is 0.308 e. The summed E-state index contributed by atoms with van der Waals surface area (Å²) in [7, 11) is -3.49. The number of nitrogens with one attached hydrogen (secondary N) is 1. The molecule has 134 valence electrons. The van der Waals surface area contributed by atoms with Crippen LogP contribution >= 0.6 is 0 Å². The fourth-order valence-corrected chi connectivity index (χ4v) is 3.63. The number of unbranched alkanes of at least 4 members (excludes halogenated alkanes) is 2. The van der Waals surface area contributed by atoms with Crippen molar-refractivity contribution in [1.29, 1.82) is 0 Å². The second-order valence-corrected chi connectivity index (χ2v) is 8.07. The number of carboxylic acid groups (broad SMARTS) is 1. The Morgan fingerprint density at radius 2 is 1.79 bits per heavy atom. The molecule has 2 atom stereocenters. The Hall–Kier alpha value is -1.89. The Labute approximate surface area is 143 Å². The van der Waals surface area contributed by atoms with Gasteiger partial charge in [-0.1, -0.05) is 50.1 Å². The van der Waals surface area contributed by atoms with Crippen molar-refractivity contribution in [2.45, 2.75) is 39.2 Å². The van der Waals surface area contributed by atoms with Gasteiger partial charge in [-0.15, -0.1) is 0 Å².